The fraction of sp³-hybridized carbons (Fsp3) is 0.154. The molecule has 1 unspecified atom stereocenters. The van der Waals surface area contributed by atoms with Crippen LogP contribution in [0.2, 0.25) is 0 Å². The van der Waals surface area contributed by atoms with Crippen molar-refractivity contribution in [1.29, 1.82) is 5.26 Å². The van der Waals surface area contributed by atoms with Gasteiger partial charge in [0.15, 0.2) is 0 Å². The van der Waals surface area contributed by atoms with Gasteiger partial charge in [0.25, 0.3) is 0 Å². The fourth-order valence-electron chi connectivity index (χ4n) is 3.57. The van der Waals surface area contributed by atoms with Gasteiger partial charge in [-0.2, -0.15) is 5.26 Å². The average Bonchev–Trinajstić information content (AvgIpc) is 2.82. The second kappa shape index (κ2) is 9.45. The number of nitriles is 1. The number of nitrogens with two attached hydrogens (primary N) is 1. The molecule has 0 fully saturated rings. The number of carbonyl (C=O) groups excluding carboxylic acids is 1. The molecule has 166 valence electrons. The smallest absolute Gasteiger partial charge is 0.343 e. The highest BCUT2D eigenvalue weighted by atomic mass is 19.1. The summed E-state index contributed by atoms with van der Waals surface area (Å²) in [4.78, 5) is 12.6. The molecule has 0 amide bonds. The summed E-state index contributed by atoms with van der Waals surface area (Å²) in [6.07, 6.45) is 0.891. The summed E-state index contributed by atoms with van der Waals surface area (Å²) in [5, 5.41) is 9.62. The van der Waals surface area contributed by atoms with E-state index in [2.05, 4.69) is 6.07 Å². The SMILES string of the molecule is CCCOc1ccc(C(=O)Oc2ccc3c(c2)OC(N)=C(C#N)C3c2ccc(F)cc2)cc1. The van der Waals surface area contributed by atoms with Crippen molar-refractivity contribution < 1.29 is 23.4 Å². The van der Waals surface area contributed by atoms with Gasteiger partial charge in [-0.25, -0.2) is 9.18 Å². The van der Waals surface area contributed by atoms with Gasteiger partial charge in [0.1, 0.15) is 34.7 Å². The largest absolute Gasteiger partial charge is 0.494 e. The molecule has 0 radical (unpaired) electrons. The van der Waals surface area contributed by atoms with Gasteiger partial charge in [-0.1, -0.05) is 25.1 Å². The van der Waals surface area contributed by atoms with Crippen LogP contribution in [-0.2, 0) is 0 Å². The third-order valence-electron chi connectivity index (χ3n) is 5.17. The van der Waals surface area contributed by atoms with Crippen molar-refractivity contribution in [1.82, 2.24) is 0 Å². The number of esters is 1. The molecular weight excluding hydrogens is 423 g/mol. The lowest BCUT2D eigenvalue weighted by molar-refractivity contribution is 0.0734. The van der Waals surface area contributed by atoms with Gasteiger partial charge in [0, 0.05) is 11.6 Å². The number of halogens is 1. The summed E-state index contributed by atoms with van der Waals surface area (Å²) in [7, 11) is 0. The summed E-state index contributed by atoms with van der Waals surface area (Å²) in [6, 6.07) is 19.5. The Morgan fingerprint density at radius 1 is 1.09 bits per heavy atom. The minimum absolute atomic E-state index is 0.0505. The van der Waals surface area contributed by atoms with Crippen molar-refractivity contribution in [3.63, 3.8) is 0 Å². The van der Waals surface area contributed by atoms with Gasteiger partial charge >= 0.3 is 5.97 Å². The lowest BCUT2D eigenvalue weighted by Crippen LogP contribution is -2.21. The highest BCUT2D eigenvalue weighted by molar-refractivity contribution is 5.91. The van der Waals surface area contributed by atoms with Crippen LogP contribution in [0.4, 0.5) is 4.39 Å². The quantitative estimate of drug-likeness (QED) is 0.422. The van der Waals surface area contributed by atoms with Crippen LogP contribution in [-0.4, -0.2) is 12.6 Å². The predicted molar refractivity (Wildman–Crippen MR) is 119 cm³/mol. The number of nitrogens with zero attached hydrogens (tertiary/aromatic N) is 1. The van der Waals surface area contributed by atoms with Gasteiger partial charge in [-0.3, -0.25) is 0 Å². The van der Waals surface area contributed by atoms with E-state index in [1.807, 2.05) is 6.92 Å². The molecule has 0 bridgehead atoms. The Hall–Kier alpha value is -4.31. The minimum atomic E-state index is -0.538. The Morgan fingerprint density at radius 3 is 2.45 bits per heavy atom. The Labute approximate surface area is 190 Å². The summed E-state index contributed by atoms with van der Waals surface area (Å²) in [5.41, 5.74) is 7.94. The maximum Gasteiger partial charge on any atom is 0.343 e. The van der Waals surface area contributed by atoms with E-state index < -0.39 is 11.9 Å². The molecule has 0 spiro atoms. The van der Waals surface area contributed by atoms with E-state index in [-0.39, 0.29) is 23.0 Å². The van der Waals surface area contributed by atoms with Crippen LogP contribution in [0.25, 0.3) is 0 Å². The molecule has 2 N–H and O–H groups in total. The van der Waals surface area contributed by atoms with E-state index >= 15 is 0 Å². The first-order chi connectivity index (χ1) is 16.0. The van der Waals surface area contributed by atoms with Crippen molar-refractivity contribution in [3.8, 4) is 23.3 Å². The van der Waals surface area contributed by atoms with Gasteiger partial charge in [0.05, 0.1) is 18.1 Å². The Balaban J connectivity index is 1.58. The lowest BCUT2D eigenvalue weighted by Gasteiger charge is -2.26. The summed E-state index contributed by atoms with van der Waals surface area (Å²) >= 11 is 0. The molecule has 4 rings (SSSR count). The average molecular weight is 444 g/mol. The van der Waals surface area contributed by atoms with Crippen LogP contribution in [0.1, 0.15) is 40.7 Å². The van der Waals surface area contributed by atoms with Crippen molar-refractivity contribution >= 4 is 5.97 Å². The van der Waals surface area contributed by atoms with Gasteiger partial charge < -0.3 is 19.9 Å². The number of carbonyl (C=O) groups is 1. The first-order valence-electron chi connectivity index (χ1n) is 10.4. The molecule has 1 heterocycles. The highest BCUT2D eigenvalue weighted by Crippen LogP contribution is 2.43. The Kier molecular flexibility index (Phi) is 6.27. The highest BCUT2D eigenvalue weighted by Gasteiger charge is 2.31. The summed E-state index contributed by atoms with van der Waals surface area (Å²) < 4.78 is 30.1. The van der Waals surface area contributed by atoms with E-state index in [1.165, 1.54) is 12.1 Å². The molecule has 3 aromatic rings. The molecule has 0 aliphatic carbocycles. The van der Waals surface area contributed by atoms with E-state index in [1.54, 1.807) is 54.6 Å². The topological polar surface area (TPSA) is 94.6 Å². The third-order valence-corrected chi connectivity index (χ3v) is 5.17. The van der Waals surface area contributed by atoms with E-state index in [0.29, 0.717) is 34.8 Å². The minimum Gasteiger partial charge on any atom is -0.494 e. The zero-order chi connectivity index (χ0) is 23.4. The van der Waals surface area contributed by atoms with E-state index in [9.17, 15) is 14.4 Å². The maximum atomic E-state index is 13.4. The van der Waals surface area contributed by atoms with Crippen molar-refractivity contribution in [2.75, 3.05) is 6.61 Å². The number of benzene rings is 3. The van der Waals surface area contributed by atoms with E-state index in [4.69, 9.17) is 19.9 Å². The summed E-state index contributed by atoms with van der Waals surface area (Å²) in [5.74, 6) is -0.202. The molecule has 33 heavy (non-hydrogen) atoms. The maximum absolute atomic E-state index is 13.4. The zero-order valence-electron chi connectivity index (χ0n) is 17.9. The van der Waals surface area contributed by atoms with Crippen LogP contribution in [0, 0.1) is 17.1 Å². The first-order valence-corrected chi connectivity index (χ1v) is 10.4. The van der Waals surface area contributed by atoms with Crippen molar-refractivity contribution in [2.45, 2.75) is 19.3 Å². The number of ether oxygens (including phenoxy) is 3. The monoisotopic (exact) mass is 444 g/mol. The van der Waals surface area contributed by atoms with Crippen molar-refractivity contribution in [3.05, 3.63) is 101 Å². The Morgan fingerprint density at radius 2 is 1.79 bits per heavy atom. The molecule has 0 saturated heterocycles. The molecule has 0 aromatic heterocycles. The first kappa shape index (κ1) is 21.9. The van der Waals surface area contributed by atoms with E-state index in [0.717, 1.165) is 6.42 Å². The molecule has 7 heteroatoms. The molecule has 0 saturated carbocycles. The van der Waals surface area contributed by atoms with Gasteiger partial charge in [0.2, 0.25) is 5.88 Å². The second-order valence-corrected chi connectivity index (χ2v) is 7.44. The molecule has 1 atom stereocenters. The normalized spacial score (nSPS) is 14.6. The standard InChI is InChI=1S/C26H21FN2O4/c1-2-13-31-19-9-5-17(6-10-19)26(30)32-20-11-12-21-23(14-20)33-25(29)22(15-28)24(21)16-3-7-18(27)8-4-16/h3-12,14,24H,2,13,29H2,1H3. The fourth-order valence-corrected chi connectivity index (χ4v) is 3.57. The molecule has 6 nitrogen and oxygen atoms in total. The third kappa shape index (κ3) is 4.65. The molecule has 1 aliphatic heterocycles. The van der Waals surface area contributed by atoms with Gasteiger partial charge in [-0.05, 0) is 54.4 Å². The van der Waals surface area contributed by atoms with Crippen LogP contribution in [0.15, 0.2) is 78.2 Å². The lowest BCUT2D eigenvalue weighted by atomic mass is 9.83. The number of fused-ring (bicyclic) bond motifs is 1. The number of rotatable bonds is 6. The van der Waals surface area contributed by atoms with Gasteiger partial charge in [-0.15, -0.1) is 0 Å². The summed E-state index contributed by atoms with van der Waals surface area (Å²) in [6.45, 7) is 2.61. The van der Waals surface area contributed by atoms with Crippen LogP contribution < -0.4 is 19.9 Å². The molecule has 1 aliphatic rings. The second-order valence-electron chi connectivity index (χ2n) is 7.44. The van der Waals surface area contributed by atoms with Crippen LogP contribution >= 0.6 is 0 Å². The molecule has 3 aromatic carbocycles. The predicted octanol–water partition coefficient (Wildman–Crippen LogP) is 5.05. The zero-order valence-corrected chi connectivity index (χ0v) is 17.9. The number of hydrogen-bond acceptors (Lipinski definition) is 6. The Bertz CT molecular complexity index is 1240. The molecular formula is C26H21FN2O4. The van der Waals surface area contributed by atoms with Crippen LogP contribution in [0.5, 0.6) is 17.2 Å². The van der Waals surface area contributed by atoms with Crippen molar-refractivity contribution in [2.24, 2.45) is 5.73 Å². The number of allylic oxidation sites excluding steroid dienone is 1. The number of hydrogen-bond donors (Lipinski definition) is 1. The van der Waals surface area contributed by atoms with Crippen LogP contribution in [0.3, 0.4) is 0 Å².